The molecule has 0 bridgehead atoms. The standard InChI is InChI=1S/C19H25F3O2/c1-17-6-5-13-11(12(17)3-4-16(17)24)9-19(21,22)14-7-10(23)8-15(20)18(13,14)2/h11-15H,3-9H2,1-2H3/t11-,12-,13-,14-,15?,17-,18+/m0/s1. The van der Waals surface area contributed by atoms with Crippen LogP contribution in [0.2, 0.25) is 0 Å². The third kappa shape index (κ3) is 1.90. The molecule has 0 N–H and O–H groups in total. The minimum Gasteiger partial charge on any atom is -0.300 e. The molecule has 4 fully saturated rings. The van der Waals surface area contributed by atoms with E-state index in [0.717, 1.165) is 0 Å². The van der Waals surface area contributed by atoms with Gasteiger partial charge in [-0.15, -0.1) is 0 Å². The molecule has 0 saturated heterocycles. The van der Waals surface area contributed by atoms with Crippen LogP contribution in [0, 0.1) is 34.5 Å². The van der Waals surface area contributed by atoms with Gasteiger partial charge in [-0.05, 0) is 37.0 Å². The van der Waals surface area contributed by atoms with E-state index in [9.17, 15) is 22.8 Å². The van der Waals surface area contributed by atoms with Crippen molar-refractivity contribution in [2.75, 3.05) is 0 Å². The zero-order chi connectivity index (χ0) is 17.5. The lowest BCUT2D eigenvalue weighted by Gasteiger charge is -2.61. The lowest BCUT2D eigenvalue weighted by molar-refractivity contribution is -0.237. The van der Waals surface area contributed by atoms with E-state index in [1.807, 2.05) is 6.92 Å². The van der Waals surface area contributed by atoms with Crippen LogP contribution in [0.1, 0.15) is 58.8 Å². The van der Waals surface area contributed by atoms with Crippen LogP contribution in [0.25, 0.3) is 0 Å². The van der Waals surface area contributed by atoms with E-state index in [1.54, 1.807) is 6.92 Å². The maximum Gasteiger partial charge on any atom is 0.252 e. The van der Waals surface area contributed by atoms with Crippen molar-refractivity contribution in [2.24, 2.45) is 34.5 Å². The summed E-state index contributed by atoms with van der Waals surface area (Å²) in [6, 6.07) is 0. The molecule has 5 heteroatoms. The van der Waals surface area contributed by atoms with E-state index >= 15 is 0 Å². The maximum atomic E-state index is 15.0. The molecule has 0 aliphatic heterocycles. The molecule has 134 valence electrons. The molecular weight excluding hydrogens is 317 g/mol. The third-order valence-corrected chi connectivity index (χ3v) is 8.23. The highest BCUT2D eigenvalue weighted by Gasteiger charge is 2.69. The topological polar surface area (TPSA) is 34.1 Å². The highest BCUT2D eigenvalue weighted by atomic mass is 19.3. The van der Waals surface area contributed by atoms with Gasteiger partial charge in [-0.3, -0.25) is 9.59 Å². The van der Waals surface area contributed by atoms with Gasteiger partial charge < -0.3 is 0 Å². The van der Waals surface area contributed by atoms with Gasteiger partial charge in [0, 0.05) is 42.4 Å². The molecule has 0 radical (unpaired) electrons. The first kappa shape index (κ1) is 16.6. The molecule has 24 heavy (non-hydrogen) atoms. The molecule has 0 spiro atoms. The molecule has 0 aromatic rings. The van der Waals surface area contributed by atoms with Crippen LogP contribution >= 0.6 is 0 Å². The number of halogens is 3. The second-order valence-electron chi connectivity index (χ2n) is 9.09. The molecule has 7 atom stereocenters. The summed E-state index contributed by atoms with van der Waals surface area (Å²) in [5, 5.41) is 0. The zero-order valence-corrected chi connectivity index (χ0v) is 14.3. The number of fused-ring (bicyclic) bond motifs is 5. The number of hydrogen-bond acceptors (Lipinski definition) is 2. The Kier molecular flexibility index (Phi) is 3.35. The van der Waals surface area contributed by atoms with Gasteiger partial charge in [-0.2, -0.15) is 0 Å². The van der Waals surface area contributed by atoms with Crippen molar-refractivity contribution in [2.45, 2.75) is 70.9 Å². The number of alkyl halides is 3. The van der Waals surface area contributed by atoms with Crippen molar-refractivity contribution >= 4 is 11.6 Å². The molecule has 2 nitrogen and oxygen atoms in total. The number of hydrogen-bond donors (Lipinski definition) is 0. The van der Waals surface area contributed by atoms with Gasteiger partial charge in [0.2, 0.25) is 0 Å². The summed E-state index contributed by atoms with van der Waals surface area (Å²) in [5.74, 6) is -4.91. The summed E-state index contributed by atoms with van der Waals surface area (Å²) >= 11 is 0. The maximum absolute atomic E-state index is 15.0. The quantitative estimate of drug-likeness (QED) is 0.655. The fraction of sp³-hybridized carbons (Fsp3) is 0.895. The molecule has 0 aromatic carbocycles. The van der Waals surface area contributed by atoms with Gasteiger partial charge in [0.1, 0.15) is 17.7 Å². The molecule has 0 heterocycles. The first-order chi connectivity index (χ1) is 11.1. The summed E-state index contributed by atoms with van der Waals surface area (Å²) < 4.78 is 44.9. The first-order valence-electron chi connectivity index (χ1n) is 9.17. The van der Waals surface area contributed by atoms with Gasteiger partial charge in [0.05, 0.1) is 0 Å². The normalized spacial score (nSPS) is 53.3. The fourth-order valence-corrected chi connectivity index (χ4v) is 6.84. The summed E-state index contributed by atoms with van der Waals surface area (Å²) in [6.07, 6.45) is 0.209. The Labute approximate surface area is 140 Å². The van der Waals surface area contributed by atoms with Crippen molar-refractivity contribution in [1.29, 1.82) is 0 Å². The van der Waals surface area contributed by atoms with E-state index in [-0.39, 0.29) is 48.6 Å². The number of Topliss-reactive ketones (excluding diaryl/α,β-unsaturated/α-hetero) is 2. The van der Waals surface area contributed by atoms with Crippen molar-refractivity contribution in [3.63, 3.8) is 0 Å². The lowest BCUT2D eigenvalue weighted by atomic mass is 9.44. The number of rotatable bonds is 0. The van der Waals surface area contributed by atoms with Crippen LogP contribution in [-0.4, -0.2) is 23.7 Å². The Morgan fingerprint density at radius 2 is 1.75 bits per heavy atom. The van der Waals surface area contributed by atoms with E-state index in [1.165, 1.54) is 0 Å². The van der Waals surface area contributed by atoms with Crippen LogP contribution < -0.4 is 0 Å². The van der Waals surface area contributed by atoms with Crippen molar-refractivity contribution in [1.82, 2.24) is 0 Å². The van der Waals surface area contributed by atoms with E-state index in [2.05, 4.69) is 0 Å². The van der Waals surface area contributed by atoms with Gasteiger partial charge >= 0.3 is 0 Å². The predicted molar refractivity (Wildman–Crippen MR) is 82.4 cm³/mol. The minimum absolute atomic E-state index is 0.0581. The Morgan fingerprint density at radius 3 is 2.46 bits per heavy atom. The smallest absolute Gasteiger partial charge is 0.252 e. The van der Waals surface area contributed by atoms with Crippen LogP contribution in [0.3, 0.4) is 0 Å². The molecule has 4 aliphatic rings. The van der Waals surface area contributed by atoms with Gasteiger partial charge in [0.15, 0.2) is 0 Å². The molecule has 0 amide bonds. The summed E-state index contributed by atoms with van der Waals surface area (Å²) in [5.41, 5.74) is -1.65. The minimum atomic E-state index is -3.03. The fourth-order valence-electron chi connectivity index (χ4n) is 6.84. The van der Waals surface area contributed by atoms with Crippen LogP contribution in [0.4, 0.5) is 13.2 Å². The van der Waals surface area contributed by atoms with Crippen molar-refractivity contribution in [3.05, 3.63) is 0 Å². The van der Waals surface area contributed by atoms with Gasteiger partial charge in [0.25, 0.3) is 5.92 Å². The Bertz CT molecular complexity index is 603. The SMILES string of the molecule is C[C@]12C(F)CC(=O)C[C@@H]1C(F)(F)C[C@@H]1[C@@H]2CC[C@]2(C)C(=O)CC[C@@H]12. The third-order valence-electron chi connectivity index (χ3n) is 8.23. The Hall–Kier alpha value is -0.870. The second-order valence-corrected chi connectivity index (χ2v) is 9.09. The van der Waals surface area contributed by atoms with Gasteiger partial charge in [-0.25, -0.2) is 13.2 Å². The largest absolute Gasteiger partial charge is 0.300 e. The van der Waals surface area contributed by atoms with E-state index in [0.29, 0.717) is 25.7 Å². The van der Waals surface area contributed by atoms with E-state index in [4.69, 9.17) is 0 Å². The Balaban J connectivity index is 1.77. The molecular formula is C19H25F3O2. The second kappa shape index (κ2) is 4.85. The number of ketones is 2. The lowest BCUT2D eigenvalue weighted by Crippen LogP contribution is -2.63. The molecule has 4 rings (SSSR count). The monoisotopic (exact) mass is 342 g/mol. The Morgan fingerprint density at radius 1 is 1.04 bits per heavy atom. The summed E-state index contributed by atoms with van der Waals surface area (Å²) in [6.45, 7) is 3.58. The number of carbonyl (C=O) groups excluding carboxylic acids is 2. The number of carbonyl (C=O) groups is 2. The summed E-state index contributed by atoms with van der Waals surface area (Å²) in [7, 11) is 0. The van der Waals surface area contributed by atoms with Crippen LogP contribution in [0.5, 0.6) is 0 Å². The van der Waals surface area contributed by atoms with Crippen molar-refractivity contribution < 1.29 is 22.8 Å². The predicted octanol–water partition coefficient (Wildman–Crippen LogP) is 4.36. The van der Waals surface area contributed by atoms with Crippen LogP contribution in [-0.2, 0) is 9.59 Å². The summed E-state index contributed by atoms with van der Waals surface area (Å²) in [4.78, 5) is 24.1. The van der Waals surface area contributed by atoms with Gasteiger partial charge in [-0.1, -0.05) is 13.8 Å². The van der Waals surface area contributed by atoms with E-state index < -0.39 is 28.8 Å². The molecule has 4 saturated carbocycles. The first-order valence-corrected chi connectivity index (χ1v) is 9.17. The molecule has 4 aliphatic carbocycles. The average Bonchev–Trinajstić information content (AvgIpc) is 2.78. The van der Waals surface area contributed by atoms with Crippen LogP contribution in [0.15, 0.2) is 0 Å². The highest BCUT2D eigenvalue weighted by Crippen LogP contribution is 2.68. The molecule has 0 aromatic heterocycles. The zero-order valence-electron chi connectivity index (χ0n) is 14.3. The highest BCUT2D eigenvalue weighted by molar-refractivity contribution is 5.87. The molecule has 1 unspecified atom stereocenters. The van der Waals surface area contributed by atoms with Crippen molar-refractivity contribution in [3.8, 4) is 0 Å². The average molecular weight is 342 g/mol.